The van der Waals surface area contributed by atoms with Crippen molar-refractivity contribution in [2.45, 2.75) is 25.2 Å². The van der Waals surface area contributed by atoms with E-state index in [4.69, 9.17) is 0 Å². The van der Waals surface area contributed by atoms with Crippen LogP contribution in [0, 0.1) is 0 Å². The fourth-order valence-electron chi connectivity index (χ4n) is 2.50. The smallest absolute Gasteiger partial charge is 0.254 e. The first-order valence-corrected chi connectivity index (χ1v) is 5.73. The zero-order valence-electron chi connectivity index (χ0n) is 9.35. The second kappa shape index (κ2) is 3.52. The van der Waals surface area contributed by atoms with Gasteiger partial charge in [0, 0.05) is 24.4 Å². The molecule has 1 unspecified atom stereocenters. The van der Waals surface area contributed by atoms with Gasteiger partial charge >= 0.3 is 0 Å². The summed E-state index contributed by atoms with van der Waals surface area (Å²) in [5.41, 5.74) is 0.127. The maximum absolute atomic E-state index is 4.33. The SMILES string of the molecule is CCC1(c2nnc3ncccn23)CCNC1. The Balaban J connectivity index is 2.17. The average Bonchev–Trinajstić information content (AvgIpc) is 2.96. The average molecular weight is 217 g/mol. The molecule has 0 aliphatic carbocycles. The third kappa shape index (κ3) is 1.24. The highest BCUT2D eigenvalue weighted by molar-refractivity contribution is 5.30. The van der Waals surface area contributed by atoms with Crippen molar-refractivity contribution in [3.63, 3.8) is 0 Å². The first-order chi connectivity index (χ1) is 7.86. The summed E-state index contributed by atoms with van der Waals surface area (Å²) in [6.45, 7) is 4.26. The number of fused-ring (bicyclic) bond motifs is 1. The van der Waals surface area contributed by atoms with E-state index in [0.717, 1.165) is 31.8 Å². The molecule has 0 aromatic carbocycles. The number of rotatable bonds is 2. The highest BCUT2D eigenvalue weighted by Gasteiger charge is 2.38. The summed E-state index contributed by atoms with van der Waals surface area (Å²) >= 11 is 0. The first kappa shape index (κ1) is 9.72. The molecular formula is C11H15N5. The van der Waals surface area contributed by atoms with E-state index in [2.05, 4.69) is 27.4 Å². The van der Waals surface area contributed by atoms with E-state index in [1.54, 1.807) is 6.20 Å². The maximum atomic E-state index is 4.33. The van der Waals surface area contributed by atoms with Crippen molar-refractivity contribution in [2.24, 2.45) is 0 Å². The molecule has 1 atom stereocenters. The number of hydrogen-bond donors (Lipinski definition) is 1. The van der Waals surface area contributed by atoms with Crippen molar-refractivity contribution in [3.05, 3.63) is 24.3 Å². The lowest BCUT2D eigenvalue weighted by molar-refractivity contribution is 0.421. The molecule has 3 rings (SSSR count). The third-order valence-electron chi connectivity index (χ3n) is 3.58. The topological polar surface area (TPSA) is 55.1 Å². The Morgan fingerprint density at radius 1 is 1.50 bits per heavy atom. The Kier molecular flexibility index (Phi) is 2.14. The minimum atomic E-state index is 0.127. The highest BCUT2D eigenvalue weighted by atomic mass is 15.3. The first-order valence-electron chi connectivity index (χ1n) is 5.73. The van der Waals surface area contributed by atoms with Crippen LogP contribution in [-0.2, 0) is 5.41 Å². The van der Waals surface area contributed by atoms with Crippen molar-refractivity contribution < 1.29 is 0 Å². The Bertz CT molecular complexity index is 498. The second-order valence-electron chi connectivity index (χ2n) is 4.37. The van der Waals surface area contributed by atoms with E-state index in [1.165, 1.54) is 0 Å². The molecule has 1 aliphatic rings. The van der Waals surface area contributed by atoms with Crippen LogP contribution in [0.25, 0.3) is 5.78 Å². The molecule has 0 radical (unpaired) electrons. The Morgan fingerprint density at radius 2 is 2.44 bits per heavy atom. The fourth-order valence-corrected chi connectivity index (χ4v) is 2.50. The third-order valence-corrected chi connectivity index (χ3v) is 3.58. The summed E-state index contributed by atoms with van der Waals surface area (Å²) in [5, 5.41) is 11.9. The van der Waals surface area contributed by atoms with Gasteiger partial charge < -0.3 is 5.32 Å². The van der Waals surface area contributed by atoms with Crippen LogP contribution in [0.2, 0.25) is 0 Å². The van der Waals surface area contributed by atoms with Crippen molar-refractivity contribution in [2.75, 3.05) is 13.1 Å². The van der Waals surface area contributed by atoms with Crippen LogP contribution in [0.4, 0.5) is 0 Å². The standard InChI is InChI=1S/C11H15N5/c1-2-11(4-6-12-8-11)9-14-15-10-13-5-3-7-16(9)10/h3,5,7,12H,2,4,6,8H2,1H3. The molecule has 3 heterocycles. The van der Waals surface area contributed by atoms with Crippen LogP contribution in [0.5, 0.6) is 0 Å². The minimum Gasteiger partial charge on any atom is -0.316 e. The summed E-state index contributed by atoms with van der Waals surface area (Å²) in [6, 6.07) is 1.92. The van der Waals surface area contributed by atoms with Gasteiger partial charge in [-0.25, -0.2) is 4.98 Å². The minimum absolute atomic E-state index is 0.127. The molecule has 0 spiro atoms. The largest absolute Gasteiger partial charge is 0.316 e. The van der Waals surface area contributed by atoms with Gasteiger partial charge in [0.1, 0.15) is 5.82 Å². The van der Waals surface area contributed by atoms with Gasteiger partial charge in [0.15, 0.2) is 0 Å². The highest BCUT2D eigenvalue weighted by Crippen LogP contribution is 2.32. The molecule has 2 aromatic heterocycles. The van der Waals surface area contributed by atoms with E-state index in [9.17, 15) is 0 Å². The zero-order valence-corrected chi connectivity index (χ0v) is 9.35. The van der Waals surface area contributed by atoms with Crippen LogP contribution < -0.4 is 5.32 Å². The van der Waals surface area contributed by atoms with Crippen LogP contribution in [0.15, 0.2) is 18.5 Å². The molecule has 84 valence electrons. The summed E-state index contributed by atoms with van der Waals surface area (Å²) in [7, 11) is 0. The van der Waals surface area contributed by atoms with Gasteiger partial charge in [-0.2, -0.15) is 0 Å². The number of aromatic nitrogens is 4. The summed E-state index contributed by atoms with van der Waals surface area (Å²) in [6.07, 6.45) is 5.95. The number of nitrogens with one attached hydrogen (secondary N) is 1. The maximum Gasteiger partial charge on any atom is 0.254 e. The van der Waals surface area contributed by atoms with Crippen molar-refractivity contribution in [3.8, 4) is 0 Å². The van der Waals surface area contributed by atoms with Crippen molar-refractivity contribution >= 4 is 5.78 Å². The molecule has 5 nitrogen and oxygen atoms in total. The molecule has 0 bridgehead atoms. The number of hydrogen-bond acceptors (Lipinski definition) is 4. The quantitative estimate of drug-likeness (QED) is 0.807. The fraction of sp³-hybridized carbons (Fsp3) is 0.545. The molecule has 16 heavy (non-hydrogen) atoms. The summed E-state index contributed by atoms with van der Waals surface area (Å²) in [5.74, 6) is 1.74. The lowest BCUT2D eigenvalue weighted by atomic mass is 9.83. The van der Waals surface area contributed by atoms with E-state index < -0.39 is 0 Å². The van der Waals surface area contributed by atoms with Gasteiger partial charge in [-0.05, 0) is 25.5 Å². The molecule has 1 aliphatic heterocycles. The molecule has 0 amide bonds. The molecule has 2 aromatic rings. The van der Waals surface area contributed by atoms with Gasteiger partial charge in [-0.15, -0.1) is 10.2 Å². The van der Waals surface area contributed by atoms with Gasteiger partial charge in [0.2, 0.25) is 0 Å². The predicted octanol–water partition coefficient (Wildman–Crippen LogP) is 0.765. The monoisotopic (exact) mass is 217 g/mol. The predicted molar refractivity (Wildman–Crippen MR) is 60.2 cm³/mol. The van der Waals surface area contributed by atoms with E-state index in [0.29, 0.717) is 5.78 Å². The Labute approximate surface area is 93.9 Å². The Hall–Kier alpha value is -1.49. The van der Waals surface area contributed by atoms with Crippen molar-refractivity contribution in [1.29, 1.82) is 0 Å². The normalized spacial score (nSPS) is 25.3. The molecule has 1 N–H and O–H groups in total. The van der Waals surface area contributed by atoms with Gasteiger partial charge in [-0.3, -0.25) is 4.40 Å². The van der Waals surface area contributed by atoms with Crippen molar-refractivity contribution in [1.82, 2.24) is 24.9 Å². The lowest BCUT2D eigenvalue weighted by Gasteiger charge is -2.24. The number of nitrogens with zero attached hydrogens (tertiary/aromatic N) is 4. The second-order valence-corrected chi connectivity index (χ2v) is 4.37. The van der Waals surface area contributed by atoms with Crippen LogP contribution in [0.3, 0.4) is 0 Å². The molecule has 0 saturated carbocycles. The molecule has 1 fully saturated rings. The van der Waals surface area contributed by atoms with E-state index in [1.807, 2.05) is 16.7 Å². The lowest BCUT2D eigenvalue weighted by Crippen LogP contribution is -2.30. The van der Waals surface area contributed by atoms with E-state index >= 15 is 0 Å². The van der Waals surface area contributed by atoms with E-state index in [-0.39, 0.29) is 5.41 Å². The summed E-state index contributed by atoms with van der Waals surface area (Å²) in [4.78, 5) is 4.21. The van der Waals surface area contributed by atoms with Crippen LogP contribution in [0.1, 0.15) is 25.6 Å². The van der Waals surface area contributed by atoms with Crippen LogP contribution >= 0.6 is 0 Å². The van der Waals surface area contributed by atoms with Gasteiger partial charge in [0.05, 0.1) is 0 Å². The Morgan fingerprint density at radius 3 is 3.19 bits per heavy atom. The molecule has 5 heteroatoms. The van der Waals surface area contributed by atoms with Gasteiger partial charge in [0.25, 0.3) is 5.78 Å². The zero-order chi connectivity index (χ0) is 11.0. The molecular weight excluding hydrogens is 202 g/mol. The van der Waals surface area contributed by atoms with Gasteiger partial charge in [-0.1, -0.05) is 6.92 Å². The van der Waals surface area contributed by atoms with Crippen LogP contribution in [-0.4, -0.2) is 32.7 Å². The molecule has 1 saturated heterocycles. The summed E-state index contributed by atoms with van der Waals surface area (Å²) < 4.78 is 2.01.